The number of ether oxygens (including phenoxy) is 1. The van der Waals surface area contributed by atoms with E-state index in [-0.39, 0.29) is 11.9 Å². The molecule has 0 aliphatic carbocycles. The number of aryl methyl sites for hydroxylation is 1. The molecule has 1 aromatic rings. The second-order valence-corrected chi connectivity index (χ2v) is 5.94. The van der Waals surface area contributed by atoms with E-state index in [1.807, 2.05) is 13.0 Å². The predicted molar refractivity (Wildman–Crippen MR) is 73.4 cm³/mol. The third-order valence-corrected chi connectivity index (χ3v) is 4.43. The first kappa shape index (κ1) is 13.8. The molecule has 1 aliphatic rings. The van der Waals surface area contributed by atoms with Crippen molar-refractivity contribution < 1.29 is 9.13 Å². The maximum Gasteiger partial charge on any atom is 0.126 e. The lowest BCUT2D eigenvalue weighted by Gasteiger charge is -2.15. The Kier molecular flexibility index (Phi) is 4.65. The lowest BCUT2D eigenvalue weighted by molar-refractivity contribution is 0.129. The lowest BCUT2D eigenvalue weighted by atomic mass is 10.1. The Morgan fingerprint density at radius 2 is 2.33 bits per heavy atom. The van der Waals surface area contributed by atoms with Crippen molar-refractivity contribution in [3.63, 3.8) is 0 Å². The van der Waals surface area contributed by atoms with Crippen molar-refractivity contribution in [2.24, 2.45) is 5.73 Å². The number of thioether (sulfide) groups is 1. The van der Waals surface area contributed by atoms with Gasteiger partial charge < -0.3 is 10.5 Å². The zero-order valence-corrected chi connectivity index (χ0v) is 11.7. The smallest absolute Gasteiger partial charge is 0.126 e. The van der Waals surface area contributed by atoms with Gasteiger partial charge in [0.1, 0.15) is 5.82 Å². The highest BCUT2D eigenvalue weighted by atomic mass is 32.2. The molecule has 0 saturated carbocycles. The monoisotopic (exact) mass is 269 g/mol. The maximum atomic E-state index is 13.6. The lowest BCUT2D eigenvalue weighted by Crippen LogP contribution is -2.11. The van der Waals surface area contributed by atoms with E-state index in [9.17, 15) is 4.39 Å². The number of halogens is 1. The Balaban J connectivity index is 2.12. The van der Waals surface area contributed by atoms with Crippen LogP contribution in [0.25, 0.3) is 0 Å². The molecule has 1 aliphatic heterocycles. The van der Waals surface area contributed by atoms with Gasteiger partial charge >= 0.3 is 0 Å². The van der Waals surface area contributed by atoms with Gasteiger partial charge in [-0.05, 0) is 49.9 Å². The van der Waals surface area contributed by atoms with Crippen LogP contribution in [0.3, 0.4) is 0 Å². The fourth-order valence-corrected chi connectivity index (χ4v) is 3.41. The summed E-state index contributed by atoms with van der Waals surface area (Å²) in [5.41, 5.74) is 7.47. The van der Waals surface area contributed by atoms with Gasteiger partial charge in [0.25, 0.3) is 0 Å². The van der Waals surface area contributed by atoms with Gasteiger partial charge in [-0.2, -0.15) is 0 Å². The Morgan fingerprint density at radius 1 is 1.56 bits per heavy atom. The molecular weight excluding hydrogens is 249 g/mol. The van der Waals surface area contributed by atoms with Crippen molar-refractivity contribution in [1.29, 1.82) is 0 Å². The number of nitrogens with two attached hydrogens (primary N) is 1. The zero-order valence-electron chi connectivity index (χ0n) is 10.9. The fraction of sp³-hybridized carbons (Fsp3) is 0.571. The second-order valence-electron chi connectivity index (χ2n) is 4.87. The summed E-state index contributed by atoms with van der Waals surface area (Å²) in [4.78, 5) is 1.08. The van der Waals surface area contributed by atoms with E-state index in [4.69, 9.17) is 10.5 Å². The van der Waals surface area contributed by atoms with Crippen LogP contribution in [0.5, 0.6) is 0 Å². The third-order valence-electron chi connectivity index (χ3n) is 3.23. The highest BCUT2D eigenvalue weighted by Gasteiger charge is 2.17. The summed E-state index contributed by atoms with van der Waals surface area (Å²) in [6.07, 6.45) is 2.61. The number of hydrogen-bond donors (Lipinski definition) is 1. The van der Waals surface area contributed by atoms with Gasteiger partial charge in [0, 0.05) is 23.3 Å². The topological polar surface area (TPSA) is 35.2 Å². The third kappa shape index (κ3) is 3.25. The van der Waals surface area contributed by atoms with Crippen LogP contribution < -0.4 is 5.73 Å². The van der Waals surface area contributed by atoms with E-state index in [2.05, 4.69) is 0 Å². The molecule has 1 aromatic carbocycles. The van der Waals surface area contributed by atoms with E-state index >= 15 is 0 Å². The Hall–Kier alpha value is -0.580. The van der Waals surface area contributed by atoms with Crippen molar-refractivity contribution in [3.05, 3.63) is 29.1 Å². The molecule has 2 atom stereocenters. The van der Waals surface area contributed by atoms with E-state index in [1.54, 1.807) is 24.8 Å². The molecule has 1 saturated heterocycles. The minimum Gasteiger partial charge on any atom is -0.377 e. The van der Waals surface area contributed by atoms with Crippen LogP contribution in [-0.4, -0.2) is 18.5 Å². The molecule has 0 spiro atoms. The van der Waals surface area contributed by atoms with Gasteiger partial charge in [0.2, 0.25) is 0 Å². The normalized spacial score (nSPS) is 21.2. The summed E-state index contributed by atoms with van der Waals surface area (Å²) in [6.45, 7) is 4.55. The van der Waals surface area contributed by atoms with Crippen molar-refractivity contribution in [3.8, 4) is 0 Å². The minimum atomic E-state index is -0.177. The quantitative estimate of drug-likeness (QED) is 0.851. The van der Waals surface area contributed by atoms with Crippen LogP contribution >= 0.6 is 11.8 Å². The van der Waals surface area contributed by atoms with Crippen molar-refractivity contribution >= 4 is 11.8 Å². The van der Waals surface area contributed by atoms with Crippen molar-refractivity contribution in [1.82, 2.24) is 0 Å². The average molecular weight is 269 g/mol. The van der Waals surface area contributed by atoms with Crippen LogP contribution in [0.2, 0.25) is 0 Å². The molecule has 0 bridgehead atoms. The zero-order chi connectivity index (χ0) is 13.1. The first-order chi connectivity index (χ1) is 8.58. The van der Waals surface area contributed by atoms with Gasteiger partial charge in [0.15, 0.2) is 0 Å². The molecule has 1 fully saturated rings. The van der Waals surface area contributed by atoms with E-state index in [0.29, 0.717) is 11.7 Å². The number of benzene rings is 1. The summed E-state index contributed by atoms with van der Waals surface area (Å²) in [6, 6.07) is 3.32. The van der Waals surface area contributed by atoms with E-state index < -0.39 is 0 Å². The molecule has 1 unspecified atom stereocenters. The molecule has 2 rings (SSSR count). The summed E-state index contributed by atoms with van der Waals surface area (Å²) in [5, 5.41) is 0. The average Bonchev–Trinajstić information content (AvgIpc) is 2.83. The SMILES string of the molecule is Cc1cc(SCC2CCCO2)c([C@@H](C)N)cc1F. The Bertz CT molecular complexity index is 417. The van der Waals surface area contributed by atoms with Crippen LogP contribution in [0.4, 0.5) is 4.39 Å². The number of hydrogen-bond acceptors (Lipinski definition) is 3. The molecule has 2 N–H and O–H groups in total. The second kappa shape index (κ2) is 6.04. The van der Waals surface area contributed by atoms with Gasteiger partial charge in [-0.1, -0.05) is 0 Å². The minimum absolute atomic E-state index is 0.146. The van der Waals surface area contributed by atoms with Gasteiger partial charge in [-0.3, -0.25) is 0 Å². The fourth-order valence-electron chi connectivity index (χ4n) is 2.11. The molecular formula is C14H20FNOS. The predicted octanol–water partition coefficient (Wildman–Crippen LogP) is 3.42. The molecule has 18 heavy (non-hydrogen) atoms. The Morgan fingerprint density at radius 3 is 2.94 bits per heavy atom. The standard InChI is InChI=1S/C14H20FNOS/c1-9-6-14(12(10(2)16)7-13(9)15)18-8-11-4-3-5-17-11/h6-7,10-11H,3-5,8,16H2,1-2H3/t10-,11?/m1/s1. The summed E-state index contributed by atoms with van der Waals surface area (Å²) in [5.74, 6) is 0.744. The largest absolute Gasteiger partial charge is 0.377 e. The van der Waals surface area contributed by atoms with Crippen LogP contribution in [0, 0.1) is 12.7 Å². The molecule has 100 valence electrons. The first-order valence-electron chi connectivity index (χ1n) is 6.38. The molecule has 1 heterocycles. The summed E-state index contributed by atoms with van der Waals surface area (Å²) in [7, 11) is 0. The van der Waals surface area contributed by atoms with Gasteiger partial charge in [0.05, 0.1) is 6.10 Å². The maximum absolute atomic E-state index is 13.6. The van der Waals surface area contributed by atoms with Crippen LogP contribution in [0.15, 0.2) is 17.0 Å². The molecule has 4 heteroatoms. The highest BCUT2D eigenvalue weighted by molar-refractivity contribution is 7.99. The molecule has 0 aromatic heterocycles. The van der Waals surface area contributed by atoms with Crippen LogP contribution in [-0.2, 0) is 4.74 Å². The van der Waals surface area contributed by atoms with Crippen molar-refractivity contribution in [2.75, 3.05) is 12.4 Å². The van der Waals surface area contributed by atoms with E-state index in [0.717, 1.165) is 35.7 Å². The van der Waals surface area contributed by atoms with Gasteiger partial charge in [-0.15, -0.1) is 11.8 Å². The summed E-state index contributed by atoms with van der Waals surface area (Å²) < 4.78 is 19.2. The van der Waals surface area contributed by atoms with Gasteiger partial charge in [-0.25, -0.2) is 4.39 Å². The molecule has 2 nitrogen and oxygen atoms in total. The highest BCUT2D eigenvalue weighted by Crippen LogP contribution is 2.31. The Labute approximate surface area is 112 Å². The number of rotatable bonds is 4. The van der Waals surface area contributed by atoms with Crippen molar-refractivity contribution in [2.45, 2.75) is 43.7 Å². The molecule has 0 amide bonds. The molecule has 0 radical (unpaired) electrons. The summed E-state index contributed by atoms with van der Waals surface area (Å²) >= 11 is 1.72. The van der Waals surface area contributed by atoms with E-state index in [1.165, 1.54) is 0 Å². The van der Waals surface area contributed by atoms with Crippen LogP contribution in [0.1, 0.15) is 36.9 Å². The first-order valence-corrected chi connectivity index (χ1v) is 7.36.